The van der Waals surface area contributed by atoms with Crippen LogP contribution in [-0.4, -0.2) is 0 Å². The van der Waals surface area contributed by atoms with Gasteiger partial charge in [-0.2, -0.15) is 0 Å². The maximum atomic E-state index is 8.55. The van der Waals surface area contributed by atoms with E-state index in [0.717, 1.165) is 0 Å². The van der Waals surface area contributed by atoms with Crippen LogP contribution >= 0.6 is 7.82 Å². The van der Waals surface area contributed by atoms with E-state index < -0.39 is 7.82 Å². The summed E-state index contributed by atoms with van der Waals surface area (Å²) in [7, 11) is -5.39. The van der Waals surface area contributed by atoms with Crippen molar-refractivity contribution < 1.29 is 78.4 Å². The van der Waals surface area contributed by atoms with Crippen molar-refractivity contribution in [2.75, 3.05) is 0 Å². The van der Waals surface area contributed by atoms with E-state index in [4.69, 9.17) is 19.2 Å². The third-order valence-corrected chi connectivity index (χ3v) is 0. The molecule has 0 spiro atoms. The average Bonchev–Trinajstić information content (AvgIpc) is 0.722. The Labute approximate surface area is 85.1 Å². The van der Waals surface area contributed by atoms with Crippen molar-refractivity contribution in [3.63, 3.8) is 0 Å². The van der Waals surface area contributed by atoms with Crippen molar-refractivity contribution >= 4 is 7.82 Å². The molecule has 0 aromatic rings. The third kappa shape index (κ3) is 68.0. The fourth-order valence-electron chi connectivity index (χ4n) is 0. The summed E-state index contributed by atoms with van der Waals surface area (Å²) in [6, 6.07) is 0. The van der Waals surface area contributed by atoms with Crippen molar-refractivity contribution in [1.82, 2.24) is 0 Å². The smallest absolute Gasteiger partial charge is 0.788 e. The Kier molecular flexibility index (Phi) is 14.3. The van der Waals surface area contributed by atoms with Crippen LogP contribution in [0.15, 0.2) is 0 Å². The van der Waals surface area contributed by atoms with Gasteiger partial charge in [-0.25, -0.2) is 4.89 Å². The van der Waals surface area contributed by atoms with E-state index in [2.05, 4.69) is 0 Å². The van der Waals surface area contributed by atoms with Crippen LogP contribution in [0, 0.1) is 0 Å². The summed E-state index contributed by atoms with van der Waals surface area (Å²) in [6.07, 6.45) is 0. The molecular formula is Na2O4P. The van der Waals surface area contributed by atoms with Gasteiger partial charge >= 0.3 is 59.1 Å². The molecule has 0 atom stereocenters. The first-order valence-electron chi connectivity index (χ1n) is 0.730. The summed E-state index contributed by atoms with van der Waals surface area (Å²) in [6.45, 7) is 0. The summed E-state index contributed by atoms with van der Waals surface area (Å²) in [5.74, 6) is 0. The molecule has 7 heavy (non-hydrogen) atoms. The van der Waals surface area contributed by atoms with Crippen molar-refractivity contribution in [1.29, 1.82) is 0 Å². The van der Waals surface area contributed by atoms with Crippen LogP contribution in [0.1, 0.15) is 0 Å². The predicted octanol–water partition coefficient (Wildman–Crippen LogP) is -7.75. The van der Waals surface area contributed by atoms with Crippen molar-refractivity contribution in [3.05, 3.63) is 0 Å². The van der Waals surface area contributed by atoms with Crippen molar-refractivity contribution in [2.45, 2.75) is 0 Å². The molecule has 0 fully saturated rings. The zero-order chi connectivity index (χ0) is 4.50. The Morgan fingerprint density at radius 1 is 1.14 bits per heavy atom. The fourth-order valence-corrected chi connectivity index (χ4v) is 0. The molecule has 0 rings (SSSR count). The van der Waals surface area contributed by atoms with Gasteiger partial charge in [-0.15, -0.1) is 0 Å². The van der Waals surface area contributed by atoms with E-state index in [1.54, 1.807) is 0 Å². The number of hydrogen-bond acceptors (Lipinski definition) is 3. The monoisotopic (exact) mass is 141 g/mol. The van der Waals surface area contributed by atoms with Gasteiger partial charge in [0, 0.05) is 0 Å². The average molecular weight is 141 g/mol. The summed E-state index contributed by atoms with van der Waals surface area (Å²) < 4.78 is 8.55. The summed E-state index contributed by atoms with van der Waals surface area (Å²) >= 11 is 0. The van der Waals surface area contributed by atoms with Crippen LogP contribution in [0.3, 0.4) is 0 Å². The molecule has 4 nitrogen and oxygen atoms in total. The molecule has 0 aromatic heterocycles. The Hall–Kier alpha value is 2.11. The molecule has 0 saturated heterocycles. The normalized spacial score (nSPS) is 8.43. The largest absolute Gasteiger partial charge is 1.00 e. The standard InChI is InChI=1S/2Na.H2O4P/c;;1-5(2,3)4/h;;(H2,1,2,3)/q2*+1;/p-2. The Morgan fingerprint density at radius 2 is 1.14 bits per heavy atom. The third-order valence-electron chi connectivity index (χ3n) is 0. The van der Waals surface area contributed by atoms with Crippen LogP contribution in [0.2, 0.25) is 0 Å². The molecule has 0 aliphatic heterocycles. The molecular weight excluding hydrogens is 141 g/mol. The minimum Gasteiger partial charge on any atom is -0.788 e. The molecule has 0 heterocycles. The van der Waals surface area contributed by atoms with E-state index in [1.807, 2.05) is 0 Å². The van der Waals surface area contributed by atoms with Gasteiger partial charge in [-0.05, 0) is 0 Å². The second-order valence-electron chi connectivity index (χ2n) is 0.447. The van der Waals surface area contributed by atoms with Gasteiger partial charge in [-0.3, -0.25) is 0 Å². The van der Waals surface area contributed by atoms with Crippen LogP contribution in [0.4, 0.5) is 0 Å². The second kappa shape index (κ2) is 6.23. The van der Waals surface area contributed by atoms with Crippen molar-refractivity contribution in [3.8, 4) is 0 Å². The van der Waals surface area contributed by atoms with Crippen LogP contribution in [-0.2, 0) is 9.46 Å². The number of rotatable bonds is 0. The summed E-state index contributed by atoms with van der Waals surface area (Å²) in [5.41, 5.74) is 0. The van der Waals surface area contributed by atoms with E-state index >= 15 is 0 Å². The second-order valence-corrected chi connectivity index (χ2v) is 1.34. The summed E-state index contributed by atoms with van der Waals surface area (Å²) in [4.78, 5) is 25.6. The molecule has 0 aromatic carbocycles. The molecule has 0 unspecified atom stereocenters. The topological polar surface area (TPSA) is 83.1 Å². The Morgan fingerprint density at radius 3 is 1.14 bits per heavy atom. The molecule has 0 bridgehead atoms. The van der Waals surface area contributed by atoms with Crippen molar-refractivity contribution in [2.24, 2.45) is 0 Å². The van der Waals surface area contributed by atoms with E-state index in [-0.39, 0.29) is 59.1 Å². The van der Waals surface area contributed by atoms with Crippen LogP contribution in [0.25, 0.3) is 0 Å². The predicted molar refractivity (Wildman–Crippen MR) is 8.29 cm³/mol. The van der Waals surface area contributed by atoms with Gasteiger partial charge in [0.1, 0.15) is 7.82 Å². The molecule has 0 amide bonds. The SMILES string of the molecule is [Na+].[Na+].[O]P(=O)([O-])[O-]. The molecule has 0 aliphatic carbocycles. The summed E-state index contributed by atoms with van der Waals surface area (Å²) in [5, 5.41) is 0. The van der Waals surface area contributed by atoms with E-state index in [9.17, 15) is 0 Å². The van der Waals surface area contributed by atoms with Gasteiger partial charge in [0.2, 0.25) is 0 Å². The minimum atomic E-state index is -5.39. The van der Waals surface area contributed by atoms with Gasteiger partial charge in [0.25, 0.3) is 0 Å². The molecule has 0 N–H and O–H groups in total. The fraction of sp³-hybridized carbons (Fsp3) is 0. The van der Waals surface area contributed by atoms with Gasteiger partial charge in [0.15, 0.2) is 0 Å². The van der Waals surface area contributed by atoms with Gasteiger partial charge < -0.3 is 14.4 Å². The quantitative estimate of drug-likeness (QED) is 0.248. The Bertz CT molecular complexity index is 55.8. The van der Waals surface area contributed by atoms with E-state index in [1.165, 1.54) is 0 Å². The van der Waals surface area contributed by atoms with Gasteiger partial charge in [0.05, 0.1) is 0 Å². The van der Waals surface area contributed by atoms with Gasteiger partial charge in [-0.1, -0.05) is 0 Å². The van der Waals surface area contributed by atoms with E-state index in [0.29, 0.717) is 0 Å². The zero-order valence-corrected chi connectivity index (χ0v) is 8.97. The Balaban J connectivity index is -0.0000000800. The van der Waals surface area contributed by atoms with Crippen LogP contribution < -0.4 is 68.9 Å². The molecule has 1 radical (unpaired) electrons. The maximum Gasteiger partial charge on any atom is 1.00 e. The maximum absolute atomic E-state index is 8.55. The zero-order valence-electron chi connectivity index (χ0n) is 4.08. The molecule has 7 heteroatoms. The number of hydrogen-bond donors (Lipinski definition) is 0. The molecule has 0 aliphatic rings. The minimum absolute atomic E-state index is 0. The first kappa shape index (κ1) is 16.1. The molecule has 0 saturated carbocycles. The van der Waals surface area contributed by atoms with Crippen LogP contribution in [0.5, 0.6) is 0 Å². The first-order valence-corrected chi connectivity index (χ1v) is 2.19. The molecule has 31 valence electrons. The first-order chi connectivity index (χ1) is 2.00.